The first kappa shape index (κ1) is 16.8. The fourth-order valence-electron chi connectivity index (χ4n) is 3.97. The molecule has 2 N–H and O–H groups in total. The number of hydrogen-bond acceptors (Lipinski definition) is 3. The van der Waals surface area contributed by atoms with Crippen molar-refractivity contribution in [3.63, 3.8) is 0 Å². The van der Waals surface area contributed by atoms with E-state index in [-0.39, 0.29) is 6.04 Å². The third kappa shape index (κ3) is 3.10. The van der Waals surface area contributed by atoms with Crippen LogP contribution in [0.1, 0.15) is 11.1 Å². The highest BCUT2D eigenvalue weighted by molar-refractivity contribution is 5.99. The van der Waals surface area contributed by atoms with E-state index >= 15 is 0 Å². The summed E-state index contributed by atoms with van der Waals surface area (Å²) >= 11 is 0. The molecule has 1 atom stereocenters. The number of benzene rings is 3. The van der Waals surface area contributed by atoms with Crippen LogP contribution in [-0.2, 0) is 12.8 Å². The number of aliphatic imine (C=N–C) groups is 1. The molecule has 0 fully saturated rings. The van der Waals surface area contributed by atoms with Gasteiger partial charge in [-0.25, -0.2) is 0 Å². The number of hydrogen-bond donors (Lipinski definition) is 1. The summed E-state index contributed by atoms with van der Waals surface area (Å²) in [5.41, 5.74) is 13.5. The van der Waals surface area contributed by atoms with Crippen LogP contribution in [0.3, 0.4) is 0 Å². The van der Waals surface area contributed by atoms with Crippen LogP contribution >= 0.6 is 0 Å². The minimum Gasteiger partial charge on any atom is -0.323 e. The summed E-state index contributed by atoms with van der Waals surface area (Å²) in [6.45, 7) is 0. The Kier molecular flexibility index (Phi) is 4.22. The van der Waals surface area contributed by atoms with Gasteiger partial charge in [-0.15, -0.1) is 0 Å². The number of fused-ring (bicyclic) bond motifs is 2. The van der Waals surface area contributed by atoms with Gasteiger partial charge >= 0.3 is 0 Å². The fraction of sp³-hybridized carbons (Fsp3) is 0.120. The van der Waals surface area contributed by atoms with Crippen LogP contribution in [0.4, 0.5) is 5.69 Å². The maximum Gasteiger partial charge on any atom is 0.0671 e. The van der Waals surface area contributed by atoms with Crippen LogP contribution in [0, 0.1) is 0 Å². The standard InChI is InChI=1S/C25H21N3/c26-23(14-20-6-3-5-18-4-1-2-7-22(18)20)25-16-21-9-8-19(15-24(21)28-25)17-10-12-27-13-11-17/h1-13,15,23H,14,16,26H2/t23-/m0/s1. The Balaban J connectivity index is 1.41. The molecule has 0 radical (unpaired) electrons. The Labute approximate surface area is 164 Å². The minimum atomic E-state index is -0.0809. The van der Waals surface area contributed by atoms with E-state index in [4.69, 9.17) is 10.7 Å². The van der Waals surface area contributed by atoms with Crippen LogP contribution < -0.4 is 5.73 Å². The molecule has 2 heterocycles. The van der Waals surface area contributed by atoms with Crippen LogP contribution in [0.5, 0.6) is 0 Å². The molecule has 0 unspecified atom stereocenters. The predicted molar refractivity (Wildman–Crippen MR) is 116 cm³/mol. The molecule has 3 heteroatoms. The summed E-state index contributed by atoms with van der Waals surface area (Å²) < 4.78 is 0. The molecule has 0 aliphatic carbocycles. The van der Waals surface area contributed by atoms with Crippen molar-refractivity contribution < 1.29 is 0 Å². The second kappa shape index (κ2) is 7.02. The Morgan fingerprint density at radius 2 is 1.68 bits per heavy atom. The molecule has 1 aliphatic rings. The van der Waals surface area contributed by atoms with Crippen molar-refractivity contribution in [1.29, 1.82) is 0 Å². The number of rotatable bonds is 4. The van der Waals surface area contributed by atoms with Gasteiger partial charge in [0.1, 0.15) is 0 Å². The number of nitrogens with zero attached hydrogens (tertiary/aromatic N) is 2. The van der Waals surface area contributed by atoms with E-state index < -0.39 is 0 Å². The van der Waals surface area contributed by atoms with Gasteiger partial charge in [-0.05, 0) is 57.6 Å². The quantitative estimate of drug-likeness (QED) is 0.548. The minimum absolute atomic E-state index is 0.0809. The van der Waals surface area contributed by atoms with Crippen LogP contribution in [0.25, 0.3) is 21.9 Å². The lowest BCUT2D eigenvalue weighted by Gasteiger charge is -2.13. The molecular weight excluding hydrogens is 342 g/mol. The predicted octanol–water partition coefficient (Wildman–Crippen LogP) is 5.10. The summed E-state index contributed by atoms with van der Waals surface area (Å²) in [6.07, 6.45) is 5.26. The Hall–Kier alpha value is -3.30. The average Bonchev–Trinajstić information content (AvgIpc) is 3.18. The van der Waals surface area contributed by atoms with Gasteiger partial charge in [0.05, 0.1) is 5.69 Å². The van der Waals surface area contributed by atoms with E-state index in [1.165, 1.54) is 21.9 Å². The Bertz CT molecular complexity index is 1170. The van der Waals surface area contributed by atoms with E-state index in [0.29, 0.717) is 0 Å². The lowest BCUT2D eigenvalue weighted by molar-refractivity contribution is 0.845. The van der Waals surface area contributed by atoms with Crippen LogP contribution in [0.15, 0.2) is 90.2 Å². The largest absolute Gasteiger partial charge is 0.323 e. The first-order chi connectivity index (χ1) is 13.8. The number of aromatic nitrogens is 1. The van der Waals surface area contributed by atoms with Crippen molar-refractivity contribution in [2.45, 2.75) is 18.9 Å². The smallest absolute Gasteiger partial charge is 0.0671 e. The molecule has 1 aliphatic heterocycles. The van der Waals surface area contributed by atoms with Crippen molar-refractivity contribution in [2.24, 2.45) is 10.7 Å². The summed E-state index contributed by atoms with van der Waals surface area (Å²) in [6, 6.07) is 25.3. The monoisotopic (exact) mass is 363 g/mol. The third-order valence-electron chi connectivity index (χ3n) is 5.48. The van der Waals surface area contributed by atoms with Gasteiger partial charge in [-0.3, -0.25) is 9.98 Å². The molecule has 136 valence electrons. The summed E-state index contributed by atoms with van der Waals surface area (Å²) in [5, 5.41) is 2.53. The van der Waals surface area contributed by atoms with E-state index in [1.807, 2.05) is 24.5 Å². The Morgan fingerprint density at radius 3 is 2.57 bits per heavy atom. The maximum absolute atomic E-state index is 6.59. The van der Waals surface area contributed by atoms with Crippen molar-refractivity contribution in [3.05, 3.63) is 96.3 Å². The fourth-order valence-corrected chi connectivity index (χ4v) is 3.97. The van der Waals surface area contributed by atoms with Crippen LogP contribution in [-0.4, -0.2) is 16.7 Å². The van der Waals surface area contributed by atoms with Gasteiger partial charge in [0.15, 0.2) is 0 Å². The van der Waals surface area contributed by atoms with Crippen molar-refractivity contribution in [2.75, 3.05) is 0 Å². The summed E-state index contributed by atoms with van der Waals surface area (Å²) in [4.78, 5) is 8.99. The van der Waals surface area contributed by atoms with E-state index in [1.54, 1.807) is 0 Å². The molecule has 0 spiro atoms. The normalized spacial score (nSPS) is 14.0. The van der Waals surface area contributed by atoms with Gasteiger partial charge in [0.2, 0.25) is 0 Å². The highest BCUT2D eigenvalue weighted by atomic mass is 14.8. The summed E-state index contributed by atoms with van der Waals surface area (Å²) in [5.74, 6) is 0. The second-order valence-electron chi connectivity index (χ2n) is 7.31. The molecule has 5 rings (SSSR count). The molecule has 0 saturated carbocycles. The first-order valence-electron chi connectivity index (χ1n) is 9.61. The zero-order chi connectivity index (χ0) is 18.9. The van der Waals surface area contributed by atoms with Gasteiger partial charge < -0.3 is 5.73 Å². The molecule has 3 aromatic carbocycles. The molecular formula is C25H21N3. The van der Waals surface area contributed by atoms with Gasteiger partial charge in [0, 0.05) is 30.6 Å². The van der Waals surface area contributed by atoms with Crippen molar-refractivity contribution >= 4 is 22.2 Å². The molecule has 0 bridgehead atoms. The number of pyridine rings is 1. The van der Waals surface area contributed by atoms with E-state index in [2.05, 4.69) is 65.6 Å². The molecule has 0 amide bonds. The van der Waals surface area contributed by atoms with E-state index in [0.717, 1.165) is 35.4 Å². The maximum atomic E-state index is 6.59. The molecule has 4 aromatic rings. The zero-order valence-corrected chi connectivity index (χ0v) is 15.5. The molecule has 3 nitrogen and oxygen atoms in total. The molecule has 0 saturated heterocycles. The SMILES string of the molecule is N[C@@H](Cc1cccc2ccccc12)C1=Nc2cc(-c3ccncc3)ccc2C1. The molecule has 28 heavy (non-hydrogen) atoms. The van der Waals surface area contributed by atoms with Gasteiger partial charge in [-0.2, -0.15) is 0 Å². The second-order valence-corrected chi connectivity index (χ2v) is 7.31. The third-order valence-corrected chi connectivity index (χ3v) is 5.48. The lowest BCUT2D eigenvalue weighted by atomic mass is 9.95. The highest BCUT2D eigenvalue weighted by Gasteiger charge is 2.21. The number of nitrogens with two attached hydrogens (primary N) is 1. The van der Waals surface area contributed by atoms with Crippen molar-refractivity contribution in [3.8, 4) is 11.1 Å². The van der Waals surface area contributed by atoms with E-state index in [9.17, 15) is 0 Å². The first-order valence-corrected chi connectivity index (χ1v) is 9.61. The van der Waals surface area contributed by atoms with Crippen LogP contribution in [0.2, 0.25) is 0 Å². The lowest BCUT2D eigenvalue weighted by Crippen LogP contribution is -2.32. The summed E-state index contributed by atoms with van der Waals surface area (Å²) in [7, 11) is 0. The topological polar surface area (TPSA) is 51.3 Å². The van der Waals surface area contributed by atoms with Crippen molar-refractivity contribution in [1.82, 2.24) is 4.98 Å². The average molecular weight is 363 g/mol. The molecule has 1 aromatic heterocycles. The zero-order valence-electron chi connectivity index (χ0n) is 15.5. The van der Waals surface area contributed by atoms with Gasteiger partial charge in [0.25, 0.3) is 0 Å². The van der Waals surface area contributed by atoms with Gasteiger partial charge in [-0.1, -0.05) is 54.6 Å². The Morgan fingerprint density at radius 1 is 0.857 bits per heavy atom. The highest BCUT2D eigenvalue weighted by Crippen LogP contribution is 2.32.